The summed E-state index contributed by atoms with van der Waals surface area (Å²) in [5.74, 6) is -0.856. The lowest BCUT2D eigenvalue weighted by Crippen LogP contribution is -2.20. The van der Waals surface area contributed by atoms with E-state index in [0.717, 1.165) is 0 Å². The molecule has 1 aromatic carbocycles. The van der Waals surface area contributed by atoms with Crippen molar-refractivity contribution in [3.05, 3.63) is 59.5 Å². The van der Waals surface area contributed by atoms with E-state index in [4.69, 9.17) is 0 Å². The molecule has 0 aliphatic carbocycles. The van der Waals surface area contributed by atoms with Gasteiger partial charge < -0.3 is 10.2 Å². The maximum atomic E-state index is 12.3. The van der Waals surface area contributed by atoms with Crippen molar-refractivity contribution in [1.29, 1.82) is 0 Å². The zero-order valence-corrected chi connectivity index (χ0v) is 12.3. The molecular weight excluding hydrogens is 296 g/mol. The molecule has 1 amide bonds. The molecule has 0 unspecified atom stereocenters. The molecule has 2 aromatic heterocycles. The van der Waals surface area contributed by atoms with Crippen molar-refractivity contribution in [2.75, 3.05) is 0 Å². The van der Waals surface area contributed by atoms with Gasteiger partial charge in [-0.05, 0) is 42.8 Å². The first-order valence-corrected chi connectivity index (χ1v) is 6.85. The van der Waals surface area contributed by atoms with Gasteiger partial charge in [-0.2, -0.15) is 5.10 Å². The van der Waals surface area contributed by atoms with Gasteiger partial charge in [-0.3, -0.25) is 9.20 Å². The van der Waals surface area contributed by atoms with Crippen molar-refractivity contribution < 1.29 is 15.0 Å². The number of aromatic nitrogens is 2. The maximum absolute atomic E-state index is 12.3. The molecule has 7 nitrogen and oxygen atoms in total. The number of pyridine rings is 1. The molecule has 0 aliphatic heterocycles. The zero-order valence-electron chi connectivity index (χ0n) is 12.3. The number of hydrogen-bond donors (Lipinski definition) is 3. The number of aromatic hydroxyl groups is 2. The summed E-state index contributed by atoms with van der Waals surface area (Å²) in [7, 11) is 0. The minimum absolute atomic E-state index is 0.215. The molecule has 7 heteroatoms. The second-order valence-electron chi connectivity index (χ2n) is 4.92. The predicted octanol–water partition coefficient (Wildman–Crippen LogP) is 1.82. The number of fused-ring (bicyclic) bond motifs is 1. The molecule has 3 rings (SSSR count). The standard InChI is InChI=1S/C16H14N4O3/c1-10-15(20-7-3-2-4-14(20)18-10)16(23)19-17-9-11-5-6-12(21)13(22)8-11/h2-9,21-22H,1H3,(H,19,23)/b17-9+. The molecule has 23 heavy (non-hydrogen) atoms. The summed E-state index contributed by atoms with van der Waals surface area (Å²) in [6.45, 7) is 1.75. The van der Waals surface area contributed by atoms with Gasteiger partial charge in [-0.1, -0.05) is 6.07 Å². The van der Waals surface area contributed by atoms with E-state index in [0.29, 0.717) is 22.6 Å². The molecule has 0 atom stereocenters. The number of imidazole rings is 1. The quantitative estimate of drug-likeness (QED) is 0.390. The van der Waals surface area contributed by atoms with E-state index in [-0.39, 0.29) is 17.4 Å². The first-order valence-electron chi connectivity index (χ1n) is 6.85. The van der Waals surface area contributed by atoms with Crippen molar-refractivity contribution in [3.63, 3.8) is 0 Å². The second kappa shape index (κ2) is 5.80. The van der Waals surface area contributed by atoms with Crippen LogP contribution in [0.4, 0.5) is 0 Å². The van der Waals surface area contributed by atoms with E-state index in [1.165, 1.54) is 18.3 Å². The number of carbonyl (C=O) groups is 1. The van der Waals surface area contributed by atoms with Crippen LogP contribution in [0.25, 0.3) is 5.65 Å². The molecular formula is C16H14N4O3. The van der Waals surface area contributed by atoms with E-state index < -0.39 is 0 Å². The highest BCUT2D eigenvalue weighted by Crippen LogP contribution is 2.23. The first kappa shape index (κ1) is 14.6. The molecule has 116 valence electrons. The van der Waals surface area contributed by atoms with Crippen molar-refractivity contribution in [3.8, 4) is 11.5 Å². The zero-order chi connectivity index (χ0) is 16.4. The summed E-state index contributed by atoms with van der Waals surface area (Å²) < 4.78 is 1.69. The SMILES string of the molecule is Cc1nc2ccccn2c1C(=O)N/N=C/c1ccc(O)c(O)c1. The molecule has 0 spiro atoms. The third-order valence-corrected chi connectivity index (χ3v) is 3.30. The molecule has 0 bridgehead atoms. The number of hydrazone groups is 1. The highest BCUT2D eigenvalue weighted by atomic mass is 16.3. The van der Waals surface area contributed by atoms with Gasteiger partial charge in [-0.25, -0.2) is 10.4 Å². The Morgan fingerprint density at radius 3 is 2.87 bits per heavy atom. The highest BCUT2D eigenvalue weighted by Gasteiger charge is 2.15. The van der Waals surface area contributed by atoms with E-state index in [1.807, 2.05) is 18.2 Å². The molecule has 0 fully saturated rings. The third-order valence-electron chi connectivity index (χ3n) is 3.30. The Morgan fingerprint density at radius 2 is 2.09 bits per heavy atom. The molecule has 0 saturated carbocycles. The Hall–Kier alpha value is -3.35. The van der Waals surface area contributed by atoms with E-state index in [1.54, 1.807) is 23.6 Å². The fourth-order valence-corrected chi connectivity index (χ4v) is 2.23. The number of amides is 1. The van der Waals surface area contributed by atoms with Crippen molar-refractivity contribution in [1.82, 2.24) is 14.8 Å². The van der Waals surface area contributed by atoms with Gasteiger partial charge in [0.2, 0.25) is 0 Å². The highest BCUT2D eigenvalue weighted by molar-refractivity contribution is 5.95. The molecule has 0 radical (unpaired) electrons. The lowest BCUT2D eigenvalue weighted by Gasteiger charge is -2.02. The van der Waals surface area contributed by atoms with Crippen LogP contribution >= 0.6 is 0 Å². The largest absolute Gasteiger partial charge is 0.504 e. The first-order chi connectivity index (χ1) is 11.1. The minimum Gasteiger partial charge on any atom is -0.504 e. The van der Waals surface area contributed by atoms with Gasteiger partial charge >= 0.3 is 0 Å². The number of benzene rings is 1. The summed E-state index contributed by atoms with van der Waals surface area (Å²) >= 11 is 0. The Morgan fingerprint density at radius 1 is 1.26 bits per heavy atom. The number of carbonyl (C=O) groups excluding carboxylic acids is 1. The summed E-state index contributed by atoms with van der Waals surface area (Å²) in [6, 6.07) is 9.71. The summed E-state index contributed by atoms with van der Waals surface area (Å²) in [5.41, 5.74) is 4.66. The van der Waals surface area contributed by atoms with Crippen molar-refractivity contribution in [2.45, 2.75) is 6.92 Å². The van der Waals surface area contributed by atoms with Gasteiger partial charge in [0.05, 0.1) is 11.9 Å². The number of phenols is 2. The van der Waals surface area contributed by atoms with Crippen LogP contribution in [0.5, 0.6) is 11.5 Å². The van der Waals surface area contributed by atoms with E-state index >= 15 is 0 Å². The van der Waals surface area contributed by atoms with Crippen molar-refractivity contribution in [2.24, 2.45) is 5.10 Å². The average Bonchev–Trinajstić information content (AvgIpc) is 2.86. The minimum atomic E-state index is -0.388. The maximum Gasteiger partial charge on any atom is 0.290 e. The van der Waals surface area contributed by atoms with Crippen LogP contribution in [-0.2, 0) is 0 Å². The van der Waals surface area contributed by atoms with Crippen LogP contribution in [-0.4, -0.2) is 31.7 Å². The van der Waals surface area contributed by atoms with Gasteiger partial charge in [0.1, 0.15) is 11.3 Å². The molecule has 0 aliphatic rings. The fourth-order valence-electron chi connectivity index (χ4n) is 2.23. The number of hydrogen-bond acceptors (Lipinski definition) is 5. The molecule has 0 saturated heterocycles. The Labute approximate surface area is 131 Å². The lowest BCUT2D eigenvalue weighted by atomic mass is 10.2. The smallest absolute Gasteiger partial charge is 0.290 e. The number of phenolic OH excluding ortho intramolecular Hbond substituents is 2. The monoisotopic (exact) mass is 310 g/mol. The molecule has 3 N–H and O–H groups in total. The van der Waals surface area contributed by atoms with Gasteiger partial charge in [-0.15, -0.1) is 0 Å². The summed E-state index contributed by atoms with van der Waals surface area (Å²) in [6.07, 6.45) is 3.13. The second-order valence-corrected chi connectivity index (χ2v) is 4.92. The van der Waals surface area contributed by atoms with Gasteiger partial charge in [0.15, 0.2) is 11.5 Å². The van der Waals surface area contributed by atoms with Crippen LogP contribution in [0.15, 0.2) is 47.7 Å². The predicted molar refractivity (Wildman–Crippen MR) is 84.8 cm³/mol. The fraction of sp³-hybridized carbons (Fsp3) is 0.0625. The summed E-state index contributed by atoms with van der Waals surface area (Å²) in [4.78, 5) is 16.6. The van der Waals surface area contributed by atoms with Crippen LogP contribution < -0.4 is 5.43 Å². The Balaban J connectivity index is 1.79. The van der Waals surface area contributed by atoms with E-state index in [9.17, 15) is 15.0 Å². The van der Waals surface area contributed by atoms with Gasteiger partial charge in [0.25, 0.3) is 5.91 Å². The van der Waals surface area contributed by atoms with Crippen molar-refractivity contribution >= 4 is 17.8 Å². The lowest BCUT2D eigenvalue weighted by molar-refractivity contribution is 0.0948. The topological polar surface area (TPSA) is 99.2 Å². The summed E-state index contributed by atoms with van der Waals surface area (Å²) in [5, 5.41) is 22.5. The average molecular weight is 310 g/mol. The number of nitrogens with one attached hydrogen (secondary N) is 1. The number of nitrogens with zero attached hydrogens (tertiary/aromatic N) is 3. The van der Waals surface area contributed by atoms with Crippen LogP contribution in [0, 0.1) is 6.92 Å². The van der Waals surface area contributed by atoms with Crippen LogP contribution in [0.2, 0.25) is 0 Å². The third kappa shape index (κ3) is 2.84. The Bertz CT molecular complexity index is 915. The van der Waals surface area contributed by atoms with Crippen LogP contribution in [0.1, 0.15) is 21.7 Å². The number of rotatable bonds is 3. The van der Waals surface area contributed by atoms with Gasteiger partial charge in [0, 0.05) is 6.20 Å². The normalized spacial score (nSPS) is 11.2. The van der Waals surface area contributed by atoms with E-state index in [2.05, 4.69) is 15.5 Å². The van der Waals surface area contributed by atoms with Crippen LogP contribution in [0.3, 0.4) is 0 Å². The molecule has 2 heterocycles. The number of aryl methyl sites for hydroxylation is 1. The Kier molecular flexibility index (Phi) is 3.68. The molecule has 3 aromatic rings.